The minimum absolute atomic E-state index is 0.0400. The van der Waals surface area contributed by atoms with Crippen molar-refractivity contribution in [1.82, 2.24) is 0 Å². The number of hydrogen-bond acceptors (Lipinski definition) is 3. The third-order valence-electron chi connectivity index (χ3n) is 3.25. The summed E-state index contributed by atoms with van der Waals surface area (Å²) in [6, 6.07) is 0. The first kappa shape index (κ1) is 11.1. The van der Waals surface area contributed by atoms with E-state index in [0.29, 0.717) is 5.92 Å². The molecule has 0 aromatic carbocycles. The number of hydrogen-bond donors (Lipinski definition) is 0. The predicted octanol–water partition coefficient (Wildman–Crippen LogP) is 2.03. The van der Waals surface area contributed by atoms with Crippen LogP contribution in [0.25, 0.3) is 0 Å². The Balaban J connectivity index is 2.14. The van der Waals surface area contributed by atoms with Gasteiger partial charge in [-0.25, -0.2) is 0 Å². The Morgan fingerprint density at radius 2 is 2.12 bits per heavy atom. The standard InChI is InChI=1S/C13H16O3/c1-8-3-9-5-11(7-13(15)16-2)12(14)6-10(9)4-8/h5-6,8,11H,3-4,7H2,1-2H3. The molecular weight excluding hydrogens is 204 g/mol. The van der Waals surface area contributed by atoms with Crippen LogP contribution < -0.4 is 0 Å². The number of carbonyl (C=O) groups is 2. The van der Waals surface area contributed by atoms with Crippen LogP contribution in [0, 0.1) is 11.8 Å². The molecule has 0 bridgehead atoms. The zero-order valence-electron chi connectivity index (χ0n) is 9.66. The Kier molecular flexibility index (Phi) is 2.95. The van der Waals surface area contributed by atoms with Crippen molar-refractivity contribution in [2.45, 2.75) is 26.2 Å². The summed E-state index contributed by atoms with van der Waals surface area (Å²) in [5.74, 6) is 0.0232. The fourth-order valence-electron chi connectivity index (χ4n) is 2.44. The van der Waals surface area contributed by atoms with Crippen molar-refractivity contribution >= 4 is 11.8 Å². The summed E-state index contributed by atoms with van der Waals surface area (Å²) in [5, 5.41) is 0. The van der Waals surface area contributed by atoms with Crippen LogP contribution in [0.4, 0.5) is 0 Å². The van der Waals surface area contributed by atoms with Gasteiger partial charge in [-0.05, 0) is 36.0 Å². The lowest BCUT2D eigenvalue weighted by atomic mass is 9.89. The second kappa shape index (κ2) is 4.24. The summed E-state index contributed by atoms with van der Waals surface area (Å²) < 4.78 is 4.59. The fourth-order valence-corrected chi connectivity index (χ4v) is 2.44. The molecule has 1 saturated carbocycles. The van der Waals surface area contributed by atoms with Crippen LogP contribution in [0.5, 0.6) is 0 Å². The molecule has 1 fully saturated rings. The topological polar surface area (TPSA) is 43.4 Å². The van der Waals surface area contributed by atoms with Crippen molar-refractivity contribution in [2.24, 2.45) is 11.8 Å². The molecule has 16 heavy (non-hydrogen) atoms. The largest absolute Gasteiger partial charge is 0.469 e. The van der Waals surface area contributed by atoms with E-state index in [1.807, 2.05) is 6.08 Å². The predicted molar refractivity (Wildman–Crippen MR) is 59.7 cm³/mol. The average molecular weight is 220 g/mol. The molecule has 3 nitrogen and oxygen atoms in total. The van der Waals surface area contributed by atoms with Crippen LogP contribution in [0.3, 0.4) is 0 Å². The molecule has 2 atom stereocenters. The lowest BCUT2D eigenvalue weighted by molar-refractivity contribution is -0.142. The van der Waals surface area contributed by atoms with Crippen molar-refractivity contribution in [2.75, 3.05) is 7.11 Å². The molecule has 2 aliphatic carbocycles. The molecule has 0 radical (unpaired) electrons. The van der Waals surface area contributed by atoms with Gasteiger partial charge in [0.05, 0.1) is 19.4 Å². The molecule has 0 aliphatic heterocycles. The number of rotatable bonds is 2. The van der Waals surface area contributed by atoms with E-state index in [4.69, 9.17) is 0 Å². The third-order valence-corrected chi connectivity index (χ3v) is 3.25. The van der Waals surface area contributed by atoms with Gasteiger partial charge in [-0.3, -0.25) is 9.59 Å². The van der Waals surface area contributed by atoms with Gasteiger partial charge in [0, 0.05) is 0 Å². The first-order valence-corrected chi connectivity index (χ1v) is 5.62. The molecule has 2 unspecified atom stereocenters. The second-order valence-electron chi connectivity index (χ2n) is 4.66. The maximum absolute atomic E-state index is 11.8. The Morgan fingerprint density at radius 1 is 1.44 bits per heavy atom. The Hall–Kier alpha value is -1.38. The maximum Gasteiger partial charge on any atom is 0.306 e. The Bertz CT molecular complexity index is 390. The minimum atomic E-state index is -0.321. The van der Waals surface area contributed by atoms with Crippen LogP contribution in [-0.2, 0) is 14.3 Å². The molecule has 0 aromatic rings. The van der Waals surface area contributed by atoms with Crippen molar-refractivity contribution in [3.8, 4) is 0 Å². The van der Waals surface area contributed by atoms with E-state index in [0.717, 1.165) is 12.8 Å². The summed E-state index contributed by atoms with van der Waals surface area (Å²) >= 11 is 0. The van der Waals surface area contributed by atoms with Gasteiger partial charge in [-0.2, -0.15) is 0 Å². The molecule has 3 heteroatoms. The summed E-state index contributed by atoms with van der Waals surface area (Å²) in [4.78, 5) is 22.9. The molecule has 0 saturated heterocycles. The number of esters is 1. The highest BCUT2D eigenvalue weighted by Gasteiger charge is 2.29. The highest BCUT2D eigenvalue weighted by molar-refractivity contribution is 5.98. The SMILES string of the molecule is COC(=O)CC1C=C2CC(C)CC2=CC1=O. The second-order valence-corrected chi connectivity index (χ2v) is 4.66. The average Bonchev–Trinajstić information content (AvgIpc) is 2.58. The van der Waals surface area contributed by atoms with Gasteiger partial charge in [0.25, 0.3) is 0 Å². The van der Waals surface area contributed by atoms with E-state index in [-0.39, 0.29) is 24.1 Å². The molecule has 0 aromatic heterocycles. The Morgan fingerprint density at radius 3 is 2.81 bits per heavy atom. The highest BCUT2D eigenvalue weighted by atomic mass is 16.5. The molecule has 86 valence electrons. The molecule has 0 amide bonds. The van der Waals surface area contributed by atoms with Gasteiger partial charge in [-0.1, -0.05) is 13.0 Å². The van der Waals surface area contributed by atoms with Crippen LogP contribution in [0.2, 0.25) is 0 Å². The summed E-state index contributed by atoms with van der Waals surface area (Å²) in [6.45, 7) is 2.18. The minimum Gasteiger partial charge on any atom is -0.469 e. The van der Waals surface area contributed by atoms with Crippen LogP contribution in [0.1, 0.15) is 26.2 Å². The van der Waals surface area contributed by atoms with Gasteiger partial charge in [-0.15, -0.1) is 0 Å². The van der Waals surface area contributed by atoms with Gasteiger partial charge in [0.1, 0.15) is 0 Å². The van der Waals surface area contributed by atoms with Crippen LogP contribution in [0.15, 0.2) is 23.3 Å². The zero-order valence-corrected chi connectivity index (χ0v) is 9.66. The smallest absolute Gasteiger partial charge is 0.306 e. The molecular formula is C13H16O3. The van der Waals surface area contributed by atoms with Crippen molar-refractivity contribution in [1.29, 1.82) is 0 Å². The maximum atomic E-state index is 11.8. The first-order chi connectivity index (χ1) is 7.60. The quantitative estimate of drug-likeness (QED) is 0.669. The first-order valence-electron chi connectivity index (χ1n) is 5.62. The van der Waals surface area contributed by atoms with Gasteiger partial charge in [0.15, 0.2) is 5.78 Å². The molecule has 0 spiro atoms. The van der Waals surface area contributed by atoms with E-state index < -0.39 is 0 Å². The molecule has 2 rings (SSSR count). The number of methoxy groups -OCH3 is 1. The van der Waals surface area contributed by atoms with E-state index in [2.05, 4.69) is 11.7 Å². The molecule has 0 heterocycles. The van der Waals surface area contributed by atoms with Crippen molar-refractivity contribution < 1.29 is 14.3 Å². The number of allylic oxidation sites excluding steroid dienone is 4. The fraction of sp³-hybridized carbons (Fsp3) is 0.538. The lowest BCUT2D eigenvalue weighted by Crippen LogP contribution is -2.19. The lowest BCUT2D eigenvalue weighted by Gasteiger charge is -2.15. The molecule has 2 aliphatic rings. The van der Waals surface area contributed by atoms with Crippen molar-refractivity contribution in [3.63, 3.8) is 0 Å². The Labute approximate surface area is 95.2 Å². The monoisotopic (exact) mass is 220 g/mol. The summed E-state index contributed by atoms with van der Waals surface area (Å²) in [7, 11) is 1.35. The summed E-state index contributed by atoms with van der Waals surface area (Å²) in [6.07, 6.45) is 5.85. The number of fused-ring (bicyclic) bond motifs is 1. The van der Waals surface area contributed by atoms with Gasteiger partial charge in [0.2, 0.25) is 0 Å². The third kappa shape index (κ3) is 2.08. The van der Waals surface area contributed by atoms with Gasteiger partial charge < -0.3 is 4.74 Å². The highest BCUT2D eigenvalue weighted by Crippen LogP contribution is 2.38. The van der Waals surface area contributed by atoms with E-state index in [1.165, 1.54) is 18.3 Å². The van der Waals surface area contributed by atoms with Crippen molar-refractivity contribution in [3.05, 3.63) is 23.3 Å². The normalized spacial score (nSPS) is 28.2. The molecule has 0 N–H and O–H groups in total. The summed E-state index contributed by atoms with van der Waals surface area (Å²) in [5.41, 5.74) is 2.42. The van der Waals surface area contributed by atoms with Crippen LogP contribution >= 0.6 is 0 Å². The van der Waals surface area contributed by atoms with E-state index in [1.54, 1.807) is 6.08 Å². The van der Waals surface area contributed by atoms with Crippen LogP contribution in [-0.4, -0.2) is 18.9 Å². The number of ketones is 1. The van der Waals surface area contributed by atoms with E-state index >= 15 is 0 Å². The zero-order chi connectivity index (χ0) is 11.7. The number of carbonyl (C=O) groups excluding carboxylic acids is 2. The van der Waals surface area contributed by atoms with E-state index in [9.17, 15) is 9.59 Å². The van der Waals surface area contributed by atoms with Gasteiger partial charge >= 0.3 is 5.97 Å². The number of ether oxygens (including phenoxy) is 1.